The zero-order chi connectivity index (χ0) is 25.2. The zero-order valence-electron chi connectivity index (χ0n) is 20.4. The number of benzene rings is 3. The summed E-state index contributed by atoms with van der Waals surface area (Å²) in [6.45, 7) is 2.08. The van der Waals surface area contributed by atoms with E-state index in [0.29, 0.717) is 23.5 Å². The van der Waals surface area contributed by atoms with Gasteiger partial charge in [0.25, 0.3) is 0 Å². The molecule has 0 bridgehead atoms. The van der Waals surface area contributed by atoms with Crippen LogP contribution in [0.25, 0.3) is 22.0 Å². The van der Waals surface area contributed by atoms with Crippen LogP contribution in [0.5, 0.6) is 5.75 Å². The third-order valence-electron chi connectivity index (χ3n) is 6.72. The lowest BCUT2D eigenvalue weighted by molar-refractivity contribution is 0.410. The van der Waals surface area contributed by atoms with E-state index in [1.54, 1.807) is 24.2 Å². The predicted octanol–water partition coefficient (Wildman–Crippen LogP) is 6.79. The highest BCUT2D eigenvalue weighted by Crippen LogP contribution is 2.37. The van der Waals surface area contributed by atoms with Gasteiger partial charge in [0.05, 0.1) is 5.02 Å². The first-order valence-corrected chi connectivity index (χ1v) is 13.3. The fourth-order valence-corrected chi connectivity index (χ4v) is 5.73. The second-order valence-electron chi connectivity index (χ2n) is 9.40. The lowest BCUT2D eigenvalue weighted by atomic mass is 9.92. The van der Waals surface area contributed by atoms with Gasteiger partial charge in [-0.15, -0.1) is 0 Å². The van der Waals surface area contributed by atoms with Crippen molar-refractivity contribution in [2.24, 2.45) is 5.73 Å². The molecule has 5 rings (SSSR count). The van der Waals surface area contributed by atoms with Crippen LogP contribution in [0.3, 0.4) is 0 Å². The Labute approximate surface area is 221 Å². The molecule has 6 nitrogen and oxygen atoms in total. The molecule has 1 heterocycles. The normalized spacial score (nSPS) is 17.8. The number of phenols is 1. The number of nitrogens with two attached hydrogens (primary N) is 1. The average molecular weight is 520 g/mol. The summed E-state index contributed by atoms with van der Waals surface area (Å²) in [5.74, 6) is 0.694. The van der Waals surface area contributed by atoms with Crippen molar-refractivity contribution in [2.45, 2.75) is 49.6 Å². The van der Waals surface area contributed by atoms with Crippen LogP contribution < -0.4 is 15.4 Å². The van der Waals surface area contributed by atoms with Crippen molar-refractivity contribution in [3.63, 3.8) is 0 Å². The van der Waals surface area contributed by atoms with Crippen molar-refractivity contribution in [2.75, 3.05) is 16.7 Å². The summed E-state index contributed by atoms with van der Waals surface area (Å²) in [6, 6.07) is 18.5. The highest BCUT2D eigenvalue weighted by atomic mass is 35.5. The second kappa shape index (κ2) is 10.5. The van der Waals surface area contributed by atoms with Gasteiger partial charge in [-0.2, -0.15) is 0 Å². The molecule has 0 radical (unpaired) electrons. The van der Waals surface area contributed by atoms with Crippen LogP contribution in [0.15, 0.2) is 65.7 Å². The molecular formula is C28H30ClN5OS. The van der Waals surface area contributed by atoms with Crippen LogP contribution in [-0.2, 0) is 0 Å². The molecule has 0 spiro atoms. The number of nitrogens with one attached hydrogen (secondary N) is 1. The number of fused-ring (bicyclic) bond motifs is 1. The van der Waals surface area contributed by atoms with E-state index >= 15 is 0 Å². The number of nitrogens with zero attached hydrogens (tertiary/aromatic N) is 3. The molecule has 0 unspecified atom stereocenters. The van der Waals surface area contributed by atoms with Crippen molar-refractivity contribution in [1.82, 2.24) is 9.97 Å². The lowest BCUT2D eigenvalue weighted by Crippen LogP contribution is -2.33. The van der Waals surface area contributed by atoms with Crippen LogP contribution in [0.4, 0.5) is 11.6 Å². The van der Waals surface area contributed by atoms with Gasteiger partial charge in [0.15, 0.2) is 0 Å². The largest absolute Gasteiger partial charge is 0.506 e. The topological polar surface area (TPSA) is 87.3 Å². The lowest BCUT2D eigenvalue weighted by Gasteiger charge is -2.26. The molecule has 3 aromatic carbocycles. The summed E-state index contributed by atoms with van der Waals surface area (Å²) < 4.78 is 2.10. The molecular weight excluding hydrogens is 490 g/mol. The number of aromatic nitrogens is 2. The summed E-state index contributed by atoms with van der Waals surface area (Å²) in [5.41, 5.74) is 10.7. The average Bonchev–Trinajstić information content (AvgIpc) is 2.87. The third kappa shape index (κ3) is 5.38. The van der Waals surface area contributed by atoms with Gasteiger partial charge in [0, 0.05) is 41.3 Å². The van der Waals surface area contributed by atoms with E-state index in [0.717, 1.165) is 63.4 Å². The molecule has 186 valence electrons. The number of hydrogen-bond donors (Lipinski definition) is 3. The van der Waals surface area contributed by atoms with E-state index in [-0.39, 0.29) is 5.75 Å². The molecule has 1 fully saturated rings. The predicted molar refractivity (Wildman–Crippen MR) is 151 cm³/mol. The van der Waals surface area contributed by atoms with Crippen LogP contribution >= 0.6 is 23.5 Å². The summed E-state index contributed by atoms with van der Waals surface area (Å²) in [5, 5.41) is 15.8. The van der Waals surface area contributed by atoms with Crippen LogP contribution in [0.2, 0.25) is 5.02 Å². The van der Waals surface area contributed by atoms with E-state index in [2.05, 4.69) is 44.7 Å². The van der Waals surface area contributed by atoms with Gasteiger partial charge in [-0.25, -0.2) is 9.97 Å². The second-order valence-corrected chi connectivity index (χ2v) is 11.0. The Bertz CT molecular complexity index is 1390. The molecule has 4 N–H and O–H groups in total. The van der Waals surface area contributed by atoms with Crippen molar-refractivity contribution < 1.29 is 5.11 Å². The van der Waals surface area contributed by atoms with Gasteiger partial charge >= 0.3 is 0 Å². The number of halogens is 1. The molecule has 8 heteroatoms. The molecule has 1 aliphatic rings. The van der Waals surface area contributed by atoms with Crippen molar-refractivity contribution >= 4 is 46.1 Å². The Kier molecular flexibility index (Phi) is 7.23. The molecule has 36 heavy (non-hydrogen) atoms. The van der Waals surface area contributed by atoms with Gasteiger partial charge in [-0.1, -0.05) is 29.8 Å². The fourth-order valence-electron chi connectivity index (χ4n) is 4.68. The number of phenolic OH excluding ortho intramolecular Hbond substituents is 1. The van der Waals surface area contributed by atoms with Crippen molar-refractivity contribution in [1.29, 1.82) is 0 Å². The van der Waals surface area contributed by atoms with Gasteiger partial charge in [0.2, 0.25) is 5.95 Å². The number of anilines is 2. The quantitative estimate of drug-likeness (QED) is 0.242. The van der Waals surface area contributed by atoms with Crippen LogP contribution in [0, 0.1) is 6.92 Å². The van der Waals surface area contributed by atoms with E-state index in [9.17, 15) is 5.11 Å². The summed E-state index contributed by atoms with van der Waals surface area (Å²) in [7, 11) is 2.02. The Balaban J connectivity index is 1.36. The van der Waals surface area contributed by atoms with Crippen LogP contribution in [-0.4, -0.2) is 34.2 Å². The minimum Gasteiger partial charge on any atom is -0.506 e. The highest BCUT2D eigenvalue weighted by molar-refractivity contribution is 8.00. The van der Waals surface area contributed by atoms with Crippen molar-refractivity contribution in [3.05, 3.63) is 71.4 Å². The van der Waals surface area contributed by atoms with Gasteiger partial charge in [-0.3, -0.25) is 0 Å². The number of hydrogen-bond acceptors (Lipinski definition) is 7. The maximum absolute atomic E-state index is 10.8. The Hall–Kier alpha value is -3.00. The van der Waals surface area contributed by atoms with Gasteiger partial charge in [0.1, 0.15) is 11.3 Å². The first-order valence-electron chi connectivity index (χ1n) is 12.2. The number of aryl methyl sites for hydroxylation is 1. The Morgan fingerprint density at radius 1 is 1.08 bits per heavy atom. The Morgan fingerprint density at radius 2 is 1.86 bits per heavy atom. The smallest absolute Gasteiger partial charge is 0.223 e. The minimum absolute atomic E-state index is 0.147. The molecule has 0 atom stereocenters. The first-order chi connectivity index (χ1) is 17.4. The minimum atomic E-state index is 0.147. The van der Waals surface area contributed by atoms with Gasteiger partial charge < -0.3 is 20.5 Å². The monoisotopic (exact) mass is 519 g/mol. The fraction of sp³-hybridized carbons (Fsp3) is 0.286. The molecule has 0 amide bonds. The molecule has 0 aliphatic heterocycles. The molecule has 0 saturated heterocycles. The number of rotatable bonds is 6. The molecule has 4 aromatic rings. The first kappa shape index (κ1) is 24.7. The molecule has 1 aromatic heterocycles. The summed E-state index contributed by atoms with van der Waals surface area (Å²) >= 11 is 7.91. The Morgan fingerprint density at radius 3 is 2.61 bits per heavy atom. The van der Waals surface area contributed by atoms with E-state index in [1.807, 2.05) is 37.4 Å². The van der Waals surface area contributed by atoms with Crippen LogP contribution in [0.1, 0.15) is 31.2 Å². The molecule has 1 aliphatic carbocycles. The van der Waals surface area contributed by atoms with E-state index in [1.165, 1.54) is 0 Å². The van der Waals surface area contributed by atoms with Crippen molar-refractivity contribution in [3.8, 4) is 16.9 Å². The zero-order valence-corrected chi connectivity index (χ0v) is 22.0. The molecule has 1 saturated carbocycles. The third-order valence-corrected chi connectivity index (χ3v) is 8.20. The SMILES string of the molecule is Cc1cc(N(C)Sc2ccccc2Cl)ccc1-c1cc(O)c2nc(NC3CCC(N)CC3)ncc2c1. The highest BCUT2D eigenvalue weighted by Gasteiger charge is 2.19. The van der Waals surface area contributed by atoms with E-state index in [4.69, 9.17) is 17.3 Å². The van der Waals surface area contributed by atoms with Gasteiger partial charge in [-0.05, 0) is 97.6 Å². The maximum atomic E-state index is 10.8. The summed E-state index contributed by atoms with van der Waals surface area (Å²) in [6.07, 6.45) is 5.81. The summed E-state index contributed by atoms with van der Waals surface area (Å²) in [4.78, 5) is 10.1. The maximum Gasteiger partial charge on any atom is 0.223 e. The standard InChI is InChI=1S/C28H30ClN5OS/c1-17-13-22(34(2)36-26-6-4-3-5-24(26)29)11-12-23(17)18-14-19-16-31-28(33-27(19)25(35)15-18)32-21-9-7-20(30)8-10-21/h3-6,11-16,20-21,35H,7-10,30H2,1-2H3,(H,31,32,33). The number of aromatic hydroxyl groups is 1. The van der Waals surface area contributed by atoms with E-state index < -0.39 is 0 Å².